The lowest BCUT2D eigenvalue weighted by Gasteiger charge is -2.27. The summed E-state index contributed by atoms with van der Waals surface area (Å²) in [5.74, 6) is -0.661. The van der Waals surface area contributed by atoms with Gasteiger partial charge in [-0.2, -0.15) is 5.26 Å². The summed E-state index contributed by atoms with van der Waals surface area (Å²) in [6.07, 6.45) is 3.09. The minimum Gasteiger partial charge on any atom is -0.464 e. The molecule has 262 valence electrons. The number of aromatic nitrogens is 5. The molecular formula is C32H34N7O9PS. The van der Waals surface area contributed by atoms with E-state index < -0.39 is 31.1 Å². The van der Waals surface area contributed by atoms with Crippen LogP contribution in [0.15, 0.2) is 61.3 Å². The smallest absolute Gasteiger partial charge is 0.356 e. The van der Waals surface area contributed by atoms with E-state index in [4.69, 9.17) is 44.9 Å². The number of nitriles is 1. The SMILES string of the molecule is COC(=O)c1cc([C@H]2CC[C@@H](COP(=S)(OCCC#N)O[C@H]3C[C@H](n4cnc5c(NC(=O)c6ccccc6)ncnc54)O[C@@H]3CO)O2)ccn1. The molecule has 6 rings (SSSR count). The number of rotatable bonds is 14. The highest BCUT2D eigenvalue weighted by Crippen LogP contribution is 2.54. The second-order valence-corrected chi connectivity index (χ2v) is 14.3. The number of esters is 1. The van der Waals surface area contributed by atoms with Gasteiger partial charge >= 0.3 is 12.7 Å². The normalized spacial score (nSPS) is 22.9. The van der Waals surface area contributed by atoms with E-state index in [-0.39, 0.29) is 62.3 Å². The zero-order valence-corrected chi connectivity index (χ0v) is 28.6. The molecule has 1 aromatic carbocycles. The van der Waals surface area contributed by atoms with Gasteiger partial charge in [0.15, 0.2) is 17.0 Å². The van der Waals surface area contributed by atoms with Crippen molar-refractivity contribution >= 4 is 47.4 Å². The molecule has 2 aliphatic rings. The molecule has 0 radical (unpaired) electrons. The van der Waals surface area contributed by atoms with Crippen molar-refractivity contribution in [2.75, 3.05) is 32.2 Å². The highest BCUT2D eigenvalue weighted by Gasteiger charge is 2.42. The van der Waals surface area contributed by atoms with Crippen LogP contribution in [0.4, 0.5) is 5.82 Å². The van der Waals surface area contributed by atoms with E-state index >= 15 is 0 Å². The van der Waals surface area contributed by atoms with Crippen LogP contribution in [0.25, 0.3) is 11.2 Å². The third kappa shape index (κ3) is 8.20. The Morgan fingerprint density at radius 3 is 2.76 bits per heavy atom. The molecule has 0 aliphatic carbocycles. The number of hydrogen-bond acceptors (Lipinski definition) is 15. The first-order valence-electron chi connectivity index (χ1n) is 15.7. The van der Waals surface area contributed by atoms with Crippen molar-refractivity contribution in [3.8, 4) is 6.07 Å². The first-order valence-corrected chi connectivity index (χ1v) is 18.3. The van der Waals surface area contributed by atoms with E-state index in [2.05, 4.69) is 25.3 Å². The molecule has 2 aliphatic heterocycles. The molecule has 5 heterocycles. The number of methoxy groups -OCH3 is 1. The number of anilines is 1. The number of pyridine rings is 1. The maximum atomic E-state index is 12.8. The van der Waals surface area contributed by atoms with E-state index in [9.17, 15) is 14.7 Å². The zero-order valence-electron chi connectivity index (χ0n) is 26.9. The summed E-state index contributed by atoms with van der Waals surface area (Å²) in [5, 5.41) is 22.1. The first kappa shape index (κ1) is 35.6. The fourth-order valence-corrected chi connectivity index (χ4v) is 7.80. The number of amides is 1. The summed E-state index contributed by atoms with van der Waals surface area (Å²) in [5.41, 5.74) is 2.17. The second kappa shape index (κ2) is 16.2. The molecule has 1 unspecified atom stereocenters. The topological polar surface area (TPSA) is 202 Å². The monoisotopic (exact) mass is 723 g/mol. The van der Waals surface area contributed by atoms with Gasteiger partial charge in [0.2, 0.25) is 0 Å². The number of aliphatic hydroxyl groups is 1. The number of carbonyl (C=O) groups is 2. The minimum atomic E-state index is -3.48. The number of fused-ring (bicyclic) bond motifs is 1. The fourth-order valence-electron chi connectivity index (χ4n) is 5.65. The average Bonchev–Trinajstić information content (AvgIpc) is 3.90. The Kier molecular flexibility index (Phi) is 11.5. The summed E-state index contributed by atoms with van der Waals surface area (Å²) in [6.45, 7) is -3.83. The van der Waals surface area contributed by atoms with Crippen LogP contribution in [0.1, 0.15) is 64.4 Å². The molecule has 2 N–H and O–H groups in total. The maximum Gasteiger partial charge on any atom is 0.356 e. The van der Waals surface area contributed by atoms with Gasteiger partial charge in [0, 0.05) is 18.2 Å². The molecular weight excluding hydrogens is 689 g/mol. The molecule has 0 spiro atoms. The van der Waals surface area contributed by atoms with Gasteiger partial charge in [-0.25, -0.2) is 24.7 Å². The van der Waals surface area contributed by atoms with E-state index in [0.717, 1.165) is 5.56 Å². The largest absolute Gasteiger partial charge is 0.464 e. The van der Waals surface area contributed by atoms with E-state index in [1.165, 1.54) is 26.0 Å². The molecule has 16 nitrogen and oxygen atoms in total. The Hall–Kier alpha value is -4.24. The highest BCUT2D eigenvalue weighted by atomic mass is 32.5. The number of carbonyl (C=O) groups excluding carboxylic acids is 2. The van der Waals surface area contributed by atoms with Crippen LogP contribution in [0.5, 0.6) is 0 Å². The Balaban J connectivity index is 1.12. The molecule has 18 heteroatoms. The van der Waals surface area contributed by atoms with Gasteiger partial charge in [-0.05, 0) is 54.5 Å². The third-order valence-corrected chi connectivity index (χ3v) is 10.5. The molecule has 0 saturated carbocycles. The van der Waals surface area contributed by atoms with Gasteiger partial charge in [-0.1, -0.05) is 18.2 Å². The Labute approximate surface area is 291 Å². The number of aliphatic hydroxyl groups excluding tert-OH is 1. The van der Waals surface area contributed by atoms with Gasteiger partial charge < -0.3 is 38.2 Å². The van der Waals surface area contributed by atoms with Crippen molar-refractivity contribution in [2.45, 2.75) is 56.3 Å². The van der Waals surface area contributed by atoms with Crippen LogP contribution in [0, 0.1) is 11.3 Å². The van der Waals surface area contributed by atoms with Gasteiger partial charge in [0.25, 0.3) is 5.91 Å². The Morgan fingerprint density at radius 2 is 1.98 bits per heavy atom. The maximum absolute atomic E-state index is 12.8. The van der Waals surface area contributed by atoms with Gasteiger partial charge in [-0.3, -0.25) is 9.36 Å². The lowest BCUT2D eigenvalue weighted by molar-refractivity contribution is -0.0441. The number of benzene rings is 1. The zero-order chi connectivity index (χ0) is 35.1. The molecule has 2 fully saturated rings. The van der Waals surface area contributed by atoms with E-state index in [1.807, 2.05) is 12.1 Å². The molecule has 50 heavy (non-hydrogen) atoms. The third-order valence-electron chi connectivity index (χ3n) is 8.10. The Morgan fingerprint density at radius 1 is 1.14 bits per heavy atom. The quantitative estimate of drug-likeness (QED) is 0.107. The van der Waals surface area contributed by atoms with Crippen LogP contribution in [0.2, 0.25) is 0 Å². The van der Waals surface area contributed by atoms with Crippen LogP contribution in [0.3, 0.4) is 0 Å². The van der Waals surface area contributed by atoms with Crippen molar-refractivity contribution in [1.29, 1.82) is 5.26 Å². The van der Waals surface area contributed by atoms with E-state index in [1.54, 1.807) is 41.0 Å². The fraction of sp³-hybridized carbons (Fsp3) is 0.406. The number of hydrogen-bond donors (Lipinski definition) is 2. The number of imidazole rings is 1. The van der Waals surface area contributed by atoms with Crippen LogP contribution in [-0.4, -0.2) is 86.7 Å². The van der Waals surface area contributed by atoms with Crippen molar-refractivity contribution in [3.05, 3.63) is 78.1 Å². The summed E-state index contributed by atoms with van der Waals surface area (Å²) >= 11 is 5.79. The number of nitrogens with zero attached hydrogens (tertiary/aromatic N) is 6. The average molecular weight is 724 g/mol. The lowest BCUT2D eigenvalue weighted by Crippen LogP contribution is -2.28. The van der Waals surface area contributed by atoms with E-state index in [0.29, 0.717) is 29.6 Å². The minimum absolute atomic E-state index is 0.0173. The molecule has 0 bridgehead atoms. The molecule has 3 aromatic heterocycles. The predicted molar refractivity (Wildman–Crippen MR) is 179 cm³/mol. The highest BCUT2D eigenvalue weighted by molar-refractivity contribution is 8.07. The van der Waals surface area contributed by atoms with Crippen LogP contribution < -0.4 is 5.32 Å². The predicted octanol–water partition coefficient (Wildman–Crippen LogP) is 4.02. The van der Waals surface area contributed by atoms with Gasteiger partial charge in [0.05, 0.1) is 64.1 Å². The molecule has 4 aromatic rings. The van der Waals surface area contributed by atoms with Crippen molar-refractivity contribution in [1.82, 2.24) is 24.5 Å². The van der Waals surface area contributed by atoms with Gasteiger partial charge in [-0.15, -0.1) is 0 Å². The van der Waals surface area contributed by atoms with Crippen molar-refractivity contribution in [3.63, 3.8) is 0 Å². The summed E-state index contributed by atoms with van der Waals surface area (Å²) in [6, 6.07) is 14.2. The lowest BCUT2D eigenvalue weighted by atomic mass is 10.1. The summed E-state index contributed by atoms with van der Waals surface area (Å²) in [7, 11) is 1.29. The molecule has 6 atom stereocenters. The van der Waals surface area contributed by atoms with Crippen molar-refractivity contribution < 1.29 is 42.5 Å². The van der Waals surface area contributed by atoms with Gasteiger partial charge in [0.1, 0.15) is 24.4 Å². The number of ether oxygens (including phenoxy) is 3. The molecule has 2 saturated heterocycles. The molecule has 1 amide bonds. The van der Waals surface area contributed by atoms with Crippen molar-refractivity contribution in [2.24, 2.45) is 0 Å². The summed E-state index contributed by atoms with van der Waals surface area (Å²) in [4.78, 5) is 41.8. The second-order valence-electron chi connectivity index (χ2n) is 11.3. The first-order chi connectivity index (χ1) is 24.3. The Bertz CT molecular complexity index is 1910. The summed E-state index contributed by atoms with van der Waals surface area (Å²) < 4.78 is 37.1. The van der Waals surface area contributed by atoms with Crippen LogP contribution >= 0.6 is 6.72 Å². The number of nitrogens with one attached hydrogen (secondary N) is 1. The standard InChI is InChI=1S/C32H34N7O9PS/c1-43-32(42)23-14-21(10-12-34-23)24-9-8-22(46-24)17-45-49(50,44-13-5-11-33)48-25-15-27(47-26(25)16-40)39-19-37-28-29(35-18-36-30(28)39)38-31(41)20-6-3-2-4-7-20/h2-4,6-7,10,12,14,18-19,22,24-27,40H,5,8-9,13,15-17H2,1H3,(H,35,36,38,41)/t22-,24+,25-,26+,27+,49?/m0/s1. The van der Waals surface area contributed by atoms with Crippen LogP contribution in [-0.2, 0) is 39.6 Å².